The molecule has 0 fully saturated rings. The number of aromatic nitrogens is 6. The van der Waals surface area contributed by atoms with E-state index in [-0.39, 0.29) is 72.4 Å². The molecule has 3 heterocycles. The molecule has 0 aliphatic heterocycles. The van der Waals surface area contributed by atoms with Crippen LogP contribution in [0.15, 0.2) is 158 Å². The van der Waals surface area contributed by atoms with Gasteiger partial charge in [0.05, 0.1) is 81.9 Å². The van der Waals surface area contributed by atoms with Crippen molar-refractivity contribution in [3.05, 3.63) is 203 Å². The zero-order valence-corrected chi connectivity index (χ0v) is 51.1. The molecule has 0 saturated heterocycles. The fourth-order valence-electron chi connectivity index (χ4n) is 7.53. The number of rotatable bonds is 15. The summed E-state index contributed by atoms with van der Waals surface area (Å²) >= 11 is 6.00. The van der Waals surface area contributed by atoms with Crippen molar-refractivity contribution in [3.63, 3.8) is 0 Å². The molecule has 8 rings (SSSR count). The molecule has 0 atom stereocenters. The number of phenols is 1. The Hall–Kier alpha value is -7.36. The minimum absolute atomic E-state index is 0.114. The molecule has 0 radical (unpaired) electrons. The molecular formula is C61H74Cl3N9O9S. The Bertz CT molecular complexity index is 3160. The number of aromatic hydroxyl groups is 1. The Morgan fingerprint density at radius 2 is 0.819 bits per heavy atom. The lowest BCUT2D eigenvalue weighted by Gasteiger charge is -2.20. The molecule has 0 spiro atoms. The van der Waals surface area contributed by atoms with Crippen molar-refractivity contribution in [2.45, 2.75) is 111 Å². The van der Waals surface area contributed by atoms with Gasteiger partial charge in [-0.05, 0) is 147 Å². The number of halogens is 3. The first-order valence-corrected chi connectivity index (χ1v) is 29.6. The van der Waals surface area contributed by atoms with Gasteiger partial charge >= 0.3 is 0 Å². The number of alkyl halides is 1. The topological polar surface area (TPSA) is 248 Å². The summed E-state index contributed by atoms with van der Waals surface area (Å²) in [5.74, 6) is 0.605. The Morgan fingerprint density at radius 3 is 1.14 bits per heavy atom. The number of amides is 3. The van der Waals surface area contributed by atoms with Gasteiger partial charge in [-0.3, -0.25) is 14.4 Å². The molecule has 0 aliphatic carbocycles. The highest BCUT2D eigenvalue weighted by atomic mass is 36.0. The maximum atomic E-state index is 12.8. The number of aliphatic hydroxyl groups excluding tert-OH is 3. The number of carbonyl (C=O) groups is 3. The number of nitrogens with one attached hydrogen (secondary N) is 3. The molecule has 7 N–H and O–H groups in total. The van der Waals surface area contributed by atoms with Gasteiger partial charge in [-0.15, -0.1) is 11.6 Å². The number of hydrogen-bond donors (Lipinski definition) is 7. The molecule has 18 nitrogen and oxygen atoms in total. The van der Waals surface area contributed by atoms with Gasteiger partial charge in [-0.25, -0.2) is 18.3 Å². The molecule has 0 unspecified atom stereocenters. The highest BCUT2D eigenvalue weighted by Crippen LogP contribution is 2.22. The summed E-state index contributed by atoms with van der Waals surface area (Å²) in [5.41, 5.74) is 6.91. The van der Waals surface area contributed by atoms with Crippen molar-refractivity contribution in [2.75, 3.05) is 13.2 Å². The van der Waals surface area contributed by atoms with Gasteiger partial charge in [0, 0.05) is 51.2 Å². The molecular weight excluding hydrogens is 1140 g/mol. The summed E-state index contributed by atoms with van der Waals surface area (Å²) in [7, 11) is 7.36. The third kappa shape index (κ3) is 23.4. The summed E-state index contributed by atoms with van der Waals surface area (Å²) in [6.45, 7) is 17.6. The third-order valence-electron chi connectivity index (χ3n) is 11.1. The van der Waals surface area contributed by atoms with Crippen molar-refractivity contribution >= 4 is 59.9 Å². The van der Waals surface area contributed by atoms with Crippen LogP contribution in [0.2, 0.25) is 0 Å². The highest BCUT2D eigenvalue weighted by Gasteiger charge is 2.25. The second-order valence-corrected chi connectivity index (χ2v) is 24.2. The molecule has 3 amide bonds. The average Bonchev–Trinajstić information content (AvgIpc) is 3.84. The SMILES string of the molecule is CC(C)(C)NC(=O)c1cnn(-c2ccccc2)c1CCl.CC(C)(C)NC(=O)c1cnn(-c2ccccc2)c1CO.CC(C)(C)NC(=O)c1cnn(-c2ccccc2)c1COc1ccc(CCO)cc1.O=S(Cl)Cl.OCCc1ccc(O)cc1. The zero-order chi connectivity index (χ0) is 61.3. The number of carbonyl (C=O) groups excluding carboxylic acids is 3. The fourth-order valence-corrected chi connectivity index (χ4v) is 7.79. The molecule has 83 heavy (non-hydrogen) atoms. The predicted octanol–water partition coefficient (Wildman–Crippen LogP) is 10.5. The van der Waals surface area contributed by atoms with Crippen molar-refractivity contribution in [1.29, 1.82) is 0 Å². The van der Waals surface area contributed by atoms with Gasteiger partial charge in [0.25, 0.3) is 17.7 Å². The first kappa shape index (κ1) is 68.1. The highest BCUT2D eigenvalue weighted by molar-refractivity contribution is 8.26. The smallest absolute Gasteiger partial charge is 0.255 e. The molecule has 5 aromatic carbocycles. The number of nitrogens with zero attached hydrogens (tertiary/aromatic N) is 6. The van der Waals surface area contributed by atoms with Crippen molar-refractivity contribution in [2.24, 2.45) is 0 Å². The summed E-state index contributed by atoms with van der Waals surface area (Å²) in [6, 6.07) is 43.1. The van der Waals surface area contributed by atoms with E-state index in [2.05, 4.69) is 52.6 Å². The van der Waals surface area contributed by atoms with E-state index < -0.39 is 9.23 Å². The number of ether oxygens (including phenoxy) is 1. The maximum Gasteiger partial charge on any atom is 0.255 e. The Morgan fingerprint density at radius 1 is 0.506 bits per heavy atom. The van der Waals surface area contributed by atoms with Crippen LogP contribution in [-0.4, -0.2) is 102 Å². The normalized spacial score (nSPS) is 11.0. The van der Waals surface area contributed by atoms with Crippen LogP contribution in [0.5, 0.6) is 11.5 Å². The molecule has 0 bridgehead atoms. The van der Waals surface area contributed by atoms with E-state index in [9.17, 15) is 19.5 Å². The van der Waals surface area contributed by atoms with Gasteiger partial charge < -0.3 is 41.1 Å². The monoisotopic (exact) mass is 1210 g/mol. The maximum absolute atomic E-state index is 12.8. The Balaban J connectivity index is 0.000000244. The van der Waals surface area contributed by atoms with Crippen LogP contribution < -0.4 is 20.7 Å². The Kier molecular flexibility index (Phi) is 27.1. The van der Waals surface area contributed by atoms with E-state index in [0.717, 1.165) is 28.2 Å². The van der Waals surface area contributed by atoms with Crippen LogP contribution in [0.3, 0.4) is 0 Å². The van der Waals surface area contributed by atoms with E-state index in [1.54, 1.807) is 50.7 Å². The lowest BCUT2D eigenvalue weighted by Crippen LogP contribution is -2.40. The molecule has 3 aromatic heterocycles. The lowest BCUT2D eigenvalue weighted by molar-refractivity contribution is 0.0907. The van der Waals surface area contributed by atoms with Crippen LogP contribution in [-0.2, 0) is 41.2 Å². The first-order chi connectivity index (χ1) is 39.3. The van der Waals surface area contributed by atoms with Crippen molar-refractivity contribution < 1.29 is 43.8 Å². The largest absolute Gasteiger partial charge is 0.508 e. The molecule has 8 aromatic rings. The van der Waals surface area contributed by atoms with Crippen LogP contribution in [0.4, 0.5) is 0 Å². The van der Waals surface area contributed by atoms with Crippen LogP contribution in [0, 0.1) is 0 Å². The first-order valence-electron chi connectivity index (χ1n) is 26.2. The van der Waals surface area contributed by atoms with Gasteiger partial charge in [-0.1, -0.05) is 78.9 Å². The summed E-state index contributed by atoms with van der Waals surface area (Å²) < 4.78 is 20.1. The zero-order valence-electron chi connectivity index (χ0n) is 48.0. The number of aliphatic hydroxyl groups is 3. The van der Waals surface area contributed by atoms with Gasteiger partial charge in [0.2, 0.25) is 9.23 Å². The number of hydrogen-bond acceptors (Lipinski definition) is 12. The fraction of sp³-hybridized carbons (Fsp3) is 0.311. The summed E-state index contributed by atoms with van der Waals surface area (Å²) in [5, 5.41) is 57.7. The molecule has 0 aliphatic rings. The standard InChI is InChI=1S/C23H27N3O3.C15H18ClN3O.C15H19N3O2.C8H10O2.Cl2OS/c1-23(2,3)25-22(28)20-15-24-26(18-7-5-4-6-8-18)21(20)16-29-19-11-9-17(10-12-19)13-14-27;1-15(2,3)18-14(20)12-10-17-19(13(12)9-16)11-7-5-4-6-8-11;1-15(2,3)17-14(20)12-9-16-18(13(12)10-19)11-7-5-4-6-8-11;9-6-5-7-1-3-8(10)4-2-7;1-4(2)3/h4-12,15,27H,13-14,16H2,1-3H3,(H,25,28);4-8,10H,9H2,1-3H3,(H,18,20);4-9,19H,10H2,1-3H3,(H,17,20);1-4,9-10H,5-6H2;. The van der Waals surface area contributed by atoms with Crippen LogP contribution in [0.1, 0.15) is 122 Å². The third-order valence-corrected chi connectivity index (χ3v) is 11.4. The minimum atomic E-state index is -1.67. The van der Waals surface area contributed by atoms with Crippen LogP contribution in [0.25, 0.3) is 17.1 Å². The summed E-state index contributed by atoms with van der Waals surface area (Å²) in [4.78, 5) is 37.3. The molecule has 444 valence electrons. The van der Waals surface area contributed by atoms with E-state index in [0.29, 0.717) is 52.4 Å². The molecule has 22 heteroatoms. The average molecular weight is 1220 g/mol. The quantitative estimate of drug-likeness (QED) is 0.0374. The second-order valence-electron chi connectivity index (χ2n) is 21.4. The number of benzene rings is 5. The molecule has 0 saturated carbocycles. The minimum Gasteiger partial charge on any atom is -0.508 e. The van der Waals surface area contributed by atoms with E-state index >= 15 is 0 Å². The number of phenolic OH excluding ortho intramolecular Hbond substituents is 1. The van der Waals surface area contributed by atoms with E-state index in [1.165, 1.54) is 6.20 Å². The van der Waals surface area contributed by atoms with E-state index in [4.69, 9.17) is 35.9 Å². The predicted molar refractivity (Wildman–Crippen MR) is 328 cm³/mol. The van der Waals surface area contributed by atoms with Crippen LogP contribution >= 0.6 is 33.0 Å². The van der Waals surface area contributed by atoms with Crippen molar-refractivity contribution in [1.82, 2.24) is 45.3 Å². The van der Waals surface area contributed by atoms with Gasteiger partial charge in [0.1, 0.15) is 18.1 Å². The second kappa shape index (κ2) is 33.1. The lowest BCUT2D eigenvalue weighted by atomic mass is 10.1. The van der Waals surface area contributed by atoms with Gasteiger partial charge in [-0.2, -0.15) is 15.3 Å². The van der Waals surface area contributed by atoms with Gasteiger partial charge in [0.15, 0.2) is 0 Å². The van der Waals surface area contributed by atoms with Crippen molar-refractivity contribution in [3.8, 4) is 28.6 Å². The summed E-state index contributed by atoms with van der Waals surface area (Å²) in [6.07, 6.45) is 5.89. The number of para-hydroxylation sites is 3. The Labute approximate surface area is 501 Å². The van der Waals surface area contributed by atoms with E-state index in [1.807, 2.05) is 178 Å².